The van der Waals surface area contributed by atoms with Gasteiger partial charge >= 0.3 is 0 Å². The predicted molar refractivity (Wildman–Crippen MR) is 76.0 cm³/mol. The highest BCUT2D eigenvalue weighted by molar-refractivity contribution is 5.30. The lowest BCUT2D eigenvalue weighted by atomic mass is 9.51. The molecule has 1 heterocycles. The SMILES string of the molecule is CC1=C[C@@]2(C)CC3(OCCO3)[C@@H]1[C@H]1CC(C)(C)[C@@H](O)[C@H]12. The van der Waals surface area contributed by atoms with Crippen LogP contribution >= 0.6 is 0 Å². The second-order valence-electron chi connectivity index (χ2n) is 8.38. The highest BCUT2D eigenvalue weighted by atomic mass is 16.7. The Morgan fingerprint density at radius 2 is 1.85 bits per heavy atom. The first kappa shape index (κ1) is 13.3. The van der Waals surface area contributed by atoms with E-state index in [1.165, 1.54) is 5.57 Å². The van der Waals surface area contributed by atoms with E-state index in [4.69, 9.17) is 9.47 Å². The Kier molecular flexibility index (Phi) is 2.45. The molecule has 2 saturated carbocycles. The Morgan fingerprint density at radius 3 is 2.50 bits per heavy atom. The van der Waals surface area contributed by atoms with Gasteiger partial charge in [0.15, 0.2) is 5.79 Å². The third-order valence-corrected chi connectivity index (χ3v) is 6.48. The Labute approximate surface area is 121 Å². The fourth-order valence-corrected chi connectivity index (χ4v) is 6.03. The van der Waals surface area contributed by atoms with Crippen molar-refractivity contribution in [2.24, 2.45) is 28.6 Å². The molecule has 112 valence electrons. The fourth-order valence-electron chi connectivity index (χ4n) is 6.03. The van der Waals surface area contributed by atoms with Gasteiger partial charge in [0.05, 0.1) is 19.3 Å². The minimum absolute atomic E-state index is 0.00102. The van der Waals surface area contributed by atoms with Crippen molar-refractivity contribution in [3.05, 3.63) is 11.6 Å². The van der Waals surface area contributed by atoms with E-state index in [-0.39, 0.29) is 16.9 Å². The number of aliphatic hydroxyl groups is 1. The summed E-state index contributed by atoms with van der Waals surface area (Å²) in [4.78, 5) is 0. The van der Waals surface area contributed by atoms with E-state index in [1.807, 2.05) is 0 Å². The molecule has 2 bridgehead atoms. The van der Waals surface area contributed by atoms with Crippen LogP contribution in [-0.4, -0.2) is 30.2 Å². The summed E-state index contributed by atoms with van der Waals surface area (Å²) in [6.45, 7) is 10.4. The molecule has 1 aliphatic heterocycles. The standard InChI is InChI=1S/C17H26O3/c1-10-7-16(4)9-17(19-5-6-20-17)12(10)11-8-15(2,3)14(18)13(11)16/h7,11-14,18H,5-6,8-9H2,1-4H3/t11-,12+,13+,14+,16+/m1/s1. The quantitative estimate of drug-likeness (QED) is 0.692. The molecule has 3 fully saturated rings. The number of hydrogen-bond acceptors (Lipinski definition) is 3. The van der Waals surface area contributed by atoms with E-state index in [1.54, 1.807) is 0 Å². The third kappa shape index (κ3) is 1.42. The molecule has 1 N–H and O–H groups in total. The molecular formula is C17H26O3. The van der Waals surface area contributed by atoms with Gasteiger partial charge in [-0.05, 0) is 36.0 Å². The van der Waals surface area contributed by atoms with E-state index < -0.39 is 5.79 Å². The van der Waals surface area contributed by atoms with Crippen molar-refractivity contribution in [3.8, 4) is 0 Å². The first-order chi connectivity index (χ1) is 9.29. The monoisotopic (exact) mass is 278 g/mol. The molecule has 1 saturated heterocycles. The van der Waals surface area contributed by atoms with Gasteiger partial charge in [0.25, 0.3) is 0 Å². The summed E-state index contributed by atoms with van der Waals surface area (Å²) in [7, 11) is 0. The van der Waals surface area contributed by atoms with E-state index >= 15 is 0 Å². The van der Waals surface area contributed by atoms with Crippen molar-refractivity contribution >= 4 is 0 Å². The molecule has 4 aliphatic carbocycles. The lowest BCUT2D eigenvalue weighted by Crippen LogP contribution is -2.60. The molecule has 1 spiro atoms. The van der Waals surface area contributed by atoms with Gasteiger partial charge in [0.1, 0.15) is 0 Å². The van der Waals surface area contributed by atoms with Gasteiger partial charge in [-0.3, -0.25) is 0 Å². The molecule has 0 amide bonds. The number of allylic oxidation sites excluding steroid dienone is 1. The maximum Gasteiger partial charge on any atom is 0.176 e. The summed E-state index contributed by atoms with van der Waals surface area (Å²) in [5.41, 5.74) is 1.41. The second kappa shape index (κ2) is 3.68. The minimum Gasteiger partial charge on any atom is -0.392 e. The number of rotatable bonds is 0. The Balaban J connectivity index is 1.84. The first-order valence-corrected chi connectivity index (χ1v) is 7.94. The van der Waals surface area contributed by atoms with Crippen LogP contribution < -0.4 is 0 Å². The van der Waals surface area contributed by atoms with Gasteiger partial charge in [0.2, 0.25) is 0 Å². The fraction of sp³-hybridized carbons (Fsp3) is 0.882. The second-order valence-corrected chi connectivity index (χ2v) is 8.38. The van der Waals surface area contributed by atoms with E-state index in [9.17, 15) is 5.11 Å². The van der Waals surface area contributed by atoms with Crippen molar-refractivity contribution in [3.63, 3.8) is 0 Å². The summed E-state index contributed by atoms with van der Waals surface area (Å²) >= 11 is 0. The topological polar surface area (TPSA) is 38.7 Å². The maximum atomic E-state index is 10.8. The molecule has 5 rings (SSSR count). The number of hydrogen-bond donors (Lipinski definition) is 1. The molecular weight excluding hydrogens is 252 g/mol. The first-order valence-electron chi connectivity index (χ1n) is 7.94. The van der Waals surface area contributed by atoms with Crippen LogP contribution in [0.1, 0.15) is 40.5 Å². The van der Waals surface area contributed by atoms with Crippen molar-refractivity contribution < 1.29 is 14.6 Å². The highest BCUT2D eigenvalue weighted by Crippen LogP contribution is 2.68. The number of ether oxygens (including phenoxy) is 2. The smallest absolute Gasteiger partial charge is 0.176 e. The molecule has 0 aromatic carbocycles. The van der Waals surface area contributed by atoms with Gasteiger partial charge in [-0.2, -0.15) is 0 Å². The molecule has 0 aromatic rings. The van der Waals surface area contributed by atoms with Crippen molar-refractivity contribution in [2.45, 2.75) is 52.4 Å². The van der Waals surface area contributed by atoms with Gasteiger partial charge in [-0.15, -0.1) is 0 Å². The van der Waals surface area contributed by atoms with E-state index in [0.717, 1.165) is 12.8 Å². The lowest BCUT2D eigenvalue weighted by Gasteiger charge is -2.58. The van der Waals surface area contributed by atoms with Gasteiger partial charge in [-0.25, -0.2) is 0 Å². The third-order valence-electron chi connectivity index (χ3n) is 6.48. The summed E-state index contributed by atoms with van der Waals surface area (Å²) < 4.78 is 12.2. The normalized spacial score (nSPS) is 51.4. The van der Waals surface area contributed by atoms with Crippen molar-refractivity contribution in [1.29, 1.82) is 0 Å². The van der Waals surface area contributed by atoms with Gasteiger partial charge in [0, 0.05) is 12.3 Å². The van der Waals surface area contributed by atoms with E-state index in [2.05, 4.69) is 33.8 Å². The summed E-state index contributed by atoms with van der Waals surface area (Å²) in [5, 5.41) is 10.8. The van der Waals surface area contributed by atoms with Crippen LogP contribution in [0.4, 0.5) is 0 Å². The molecule has 0 radical (unpaired) electrons. The zero-order valence-electron chi connectivity index (χ0n) is 13.0. The molecule has 3 nitrogen and oxygen atoms in total. The van der Waals surface area contributed by atoms with Crippen LogP contribution in [0.5, 0.6) is 0 Å². The average molecular weight is 278 g/mol. The van der Waals surface area contributed by atoms with Crippen LogP contribution in [0.2, 0.25) is 0 Å². The summed E-state index contributed by atoms with van der Waals surface area (Å²) in [6, 6.07) is 0. The molecule has 3 heteroatoms. The Hall–Kier alpha value is -0.380. The average Bonchev–Trinajstić information content (AvgIpc) is 2.82. The largest absolute Gasteiger partial charge is 0.392 e. The molecule has 5 aliphatic rings. The van der Waals surface area contributed by atoms with Crippen molar-refractivity contribution in [2.75, 3.05) is 13.2 Å². The van der Waals surface area contributed by atoms with Gasteiger partial charge in [-0.1, -0.05) is 32.4 Å². The zero-order valence-corrected chi connectivity index (χ0v) is 13.0. The van der Waals surface area contributed by atoms with E-state index in [0.29, 0.717) is 31.0 Å². The zero-order chi connectivity index (χ0) is 14.3. The molecule has 0 unspecified atom stereocenters. The van der Waals surface area contributed by atoms with Crippen molar-refractivity contribution in [1.82, 2.24) is 0 Å². The Bertz CT molecular complexity index is 475. The van der Waals surface area contributed by atoms with Crippen LogP contribution in [0.25, 0.3) is 0 Å². The van der Waals surface area contributed by atoms with Crippen LogP contribution in [0.15, 0.2) is 11.6 Å². The van der Waals surface area contributed by atoms with Gasteiger partial charge < -0.3 is 14.6 Å². The molecule has 0 aromatic heterocycles. The van der Waals surface area contributed by atoms with Crippen LogP contribution in [0.3, 0.4) is 0 Å². The molecule has 5 atom stereocenters. The Morgan fingerprint density at radius 1 is 1.20 bits per heavy atom. The lowest BCUT2D eigenvalue weighted by molar-refractivity contribution is -0.256. The highest BCUT2D eigenvalue weighted by Gasteiger charge is 2.68. The summed E-state index contributed by atoms with van der Waals surface area (Å²) in [5.74, 6) is 0.759. The van der Waals surface area contributed by atoms with Crippen LogP contribution in [0, 0.1) is 28.6 Å². The minimum atomic E-state index is -0.408. The van der Waals surface area contributed by atoms with Crippen LogP contribution in [-0.2, 0) is 9.47 Å². The summed E-state index contributed by atoms with van der Waals surface area (Å²) in [6.07, 6.45) is 4.15. The predicted octanol–water partition coefficient (Wildman–Crippen LogP) is 2.74. The number of aliphatic hydroxyl groups excluding tert-OH is 1. The molecule has 20 heavy (non-hydrogen) atoms. The maximum absolute atomic E-state index is 10.8.